The van der Waals surface area contributed by atoms with Crippen LogP contribution in [0.15, 0.2) is 65.8 Å². The molecule has 0 bridgehead atoms. The molecule has 0 radical (unpaired) electrons. The molecule has 2 aromatic carbocycles. The number of nitrogens with zero attached hydrogens (tertiary/aromatic N) is 1. The van der Waals surface area contributed by atoms with Crippen LogP contribution in [0.4, 0.5) is 0 Å². The third-order valence-corrected chi connectivity index (χ3v) is 2.60. The molecule has 0 aliphatic heterocycles. The normalized spacial score (nSPS) is 10.9. The quantitative estimate of drug-likeness (QED) is 0.526. The first kappa shape index (κ1) is 13.8. The van der Waals surface area contributed by atoms with Crippen LogP contribution >= 0.6 is 0 Å². The van der Waals surface area contributed by atoms with Crippen LogP contribution in [0.5, 0.6) is 0 Å². The number of hydrogen-bond donors (Lipinski definition) is 1. The van der Waals surface area contributed by atoms with E-state index >= 15 is 0 Å². The fraction of sp³-hybridized carbons (Fsp3) is 0.125. The fourth-order valence-electron chi connectivity index (χ4n) is 1.65. The Kier molecular flexibility index (Phi) is 4.89. The summed E-state index contributed by atoms with van der Waals surface area (Å²) in [7, 11) is 0. The summed E-state index contributed by atoms with van der Waals surface area (Å²) >= 11 is 0. The topological polar surface area (TPSA) is 50.7 Å². The summed E-state index contributed by atoms with van der Waals surface area (Å²) in [6.07, 6.45) is 0. The van der Waals surface area contributed by atoms with Crippen LogP contribution in [-0.4, -0.2) is 18.4 Å². The van der Waals surface area contributed by atoms with E-state index in [2.05, 4.69) is 10.5 Å². The molecule has 0 fully saturated rings. The minimum atomic E-state index is -0.265. The van der Waals surface area contributed by atoms with Crippen molar-refractivity contribution < 1.29 is 9.53 Å². The summed E-state index contributed by atoms with van der Waals surface area (Å²) in [5.74, 6) is 0.135. The van der Waals surface area contributed by atoms with Gasteiger partial charge in [-0.15, -0.1) is 5.10 Å². The Balaban J connectivity index is 2.12. The van der Waals surface area contributed by atoms with Gasteiger partial charge < -0.3 is 4.74 Å². The Morgan fingerprint density at radius 1 is 1.00 bits per heavy atom. The lowest BCUT2D eigenvalue weighted by atomic mass is 10.2. The molecule has 0 heterocycles. The average Bonchev–Trinajstić information content (AvgIpc) is 2.53. The van der Waals surface area contributed by atoms with Crippen molar-refractivity contribution in [1.82, 2.24) is 5.43 Å². The van der Waals surface area contributed by atoms with E-state index in [1.807, 2.05) is 43.3 Å². The highest BCUT2D eigenvalue weighted by Gasteiger charge is 2.06. The molecule has 2 aromatic rings. The van der Waals surface area contributed by atoms with E-state index in [0.29, 0.717) is 18.1 Å². The lowest BCUT2D eigenvalue weighted by Gasteiger charge is -2.07. The smallest absolute Gasteiger partial charge is 0.271 e. The van der Waals surface area contributed by atoms with Crippen LogP contribution in [0.25, 0.3) is 0 Å². The number of hydrogen-bond acceptors (Lipinski definition) is 3. The summed E-state index contributed by atoms with van der Waals surface area (Å²) in [6, 6.07) is 18.4. The predicted molar refractivity (Wildman–Crippen MR) is 78.5 cm³/mol. The molecule has 0 atom stereocenters. The molecular formula is C16H16N2O2. The molecule has 2 rings (SSSR count). The van der Waals surface area contributed by atoms with Gasteiger partial charge in [-0.25, -0.2) is 5.43 Å². The first-order valence-electron chi connectivity index (χ1n) is 6.42. The number of amides is 1. The van der Waals surface area contributed by atoms with E-state index in [9.17, 15) is 4.79 Å². The minimum absolute atomic E-state index is 0.265. The van der Waals surface area contributed by atoms with Crippen molar-refractivity contribution in [1.29, 1.82) is 0 Å². The van der Waals surface area contributed by atoms with Crippen LogP contribution in [0, 0.1) is 0 Å². The van der Waals surface area contributed by atoms with Crippen molar-refractivity contribution >= 4 is 11.8 Å². The molecule has 1 N–H and O–H groups in total. The van der Waals surface area contributed by atoms with Crippen molar-refractivity contribution in [2.24, 2.45) is 5.10 Å². The molecule has 4 heteroatoms. The van der Waals surface area contributed by atoms with Gasteiger partial charge in [-0.2, -0.15) is 0 Å². The number of rotatable bonds is 4. The second kappa shape index (κ2) is 7.09. The summed E-state index contributed by atoms with van der Waals surface area (Å²) in [6.45, 7) is 2.35. The molecule has 0 aliphatic carbocycles. The highest BCUT2D eigenvalue weighted by molar-refractivity contribution is 5.97. The van der Waals surface area contributed by atoms with Crippen LogP contribution < -0.4 is 5.43 Å². The monoisotopic (exact) mass is 268 g/mol. The fourth-order valence-corrected chi connectivity index (χ4v) is 1.65. The first-order chi connectivity index (χ1) is 9.81. The van der Waals surface area contributed by atoms with Gasteiger partial charge in [0.1, 0.15) is 0 Å². The molecule has 0 saturated heterocycles. The van der Waals surface area contributed by atoms with Crippen LogP contribution in [0.1, 0.15) is 22.8 Å². The summed E-state index contributed by atoms with van der Waals surface area (Å²) in [5.41, 5.74) is 3.88. The highest BCUT2D eigenvalue weighted by atomic mass is 16.5. The Bertz CT molecular complexity index is 580. The van der Waals surface area contributed by atoms with Gasteiger partial charge in [0.25, 0.3) is 5.91 Å². The molecule has 20 heavy (non-hydrogen) atoms. The maximum Gasteiger partial charge on any atom is 0.271 e. The second-order valence-corrected chi connectivity index (χ2v) is 4.02. The largest absolute Gasteiger partial charge is 0.477 e. The molecule has 0 spiro atoms. The standard InChI is InChI=1S/C16H16N2O2/c1-2-20-16(14-11-7-4-8-12-14)18-17-15(19)13-9-5-3-6-10-13/h3-12H,2H2,1H3,(H,17,19). The summed E-state index contributed by atoms with van der Waals surface area (Å²) in [5, 5.41) is 4.05. The van der Waals surface area contributed by atoms with Gasteiger partial charge in [0.15, 0.2) is 0 Å². The SMILES string of the molecule is CCOC(=NNC(=O)c1ccccc1)c1ccccc1. The lowest BCUT2D eigenvalue weighted by molar-refractivity contribution is 0.0953. The van der Waals surface area contributed by atoms with Gasteiger partial charge in [-0.1, -0.05) is 36.4 Å². The van der Waals surface area contributed by atoms with E-state index in [4.69, 9.17) is 4.74 Å². The Morgan fingerprint density at radius 3 is 2.10 bits per heavy atom. The van der Waals surface area contributed by atoms with Crippen LogP contribution in [0.2, 0.25) is 0 Å². The van der Waals surface area contributed by atoms with Gasteiger partial charge in [-0.3, -0.25) is 4.79 Å². The van der Waals surface area contributed by atoms with Gasteiger partial charge in [0.2, 0.25) is 5.90 Å². The van der Waals surface area contributed by atoms with Crippen molar-refractivity contribution in [2.75, 3.05) is 6.61 Å². The van der Waals surface area contributed by atoms with Gasteiger partial charge in [-0.05, 0) is 31.2 Å². The molecule has 0 aromatic heterocycles. The van der Waals surface area contributed by atoms with Gasteiger partial charge in [0, 0.05) is 11.1 Å². The van der Waals surface area contributed by atoms with Crippen molar-refractivity contribution in [2.45, 2.75) is 6.92 Å². The number of carbonyl (C=O) groups is 1. The molecule has 0 aliphatic rings. The van der Waals surface area contributed by atoms with Crippen molar-refractivity contribution in [3.63, 3.8) is 0 Å². The zero-order chi connectivity index (χ0) is 14.2. The van der Waals surface area contributed by atoms with E-state index < -0.39 is 0 Å². The highest BCUT2D eigenvalue weighted by Crippen LogP contribution is 2.03. The number of carbonyl (C=O) groups excluding carboxylic acids is 1. The second-order valence-electron chi connectivity index (χ2n) is 4.02. The van der Waals surface area contributed by atoms with E-state index in [-0.39, 0.29) is 5.91 Å². The molecule has 102 valence electrons. The van der Waals surface area contributed by atoms with E-state index in [0.717, 1.165) is 5.56 Å². The number of hydrazone groups is 1. The van der Waals surface area contributed by atoms with Gasteiger partial charge >= 0.3 is 0 Å². The number of nitrogens with one attached hydrogen (secondary N) is 1. The number of benzene rings is 2. The molecule has 0 unspecified atom stereocenters. The average molecular weight is 268 g/mol. The minimum Gasteiger partial charge on any atom is -0.477 e. The third-order valence-electron chi connectivity index (χ3n) is 2.60. The Labute approximate surface area is 118 Å². The van der Waals surface area contributed by atoms with Gasteiger partial charge in [0.05, 0.1) is 6.61 Å². The third kappa shape index (κ3) is 3.68. The van der Waals surface area contributed by atoms with Crippen LogP contribution in [0.3, 0.4) is 0 Å². The van der Waals surface area contributed by atoms with E-state index in [1.165, 1.54) is 0 Å². The summed E-state index contributed by atoms with van der Waals surface area (Å²) < 4.78 is 5.45. The molecular weight excluding hydrogens is 252 g/mol. The van der Waals surface area contributed by atoms with Crippen LogP contribution in [-0.2, 0) is 4.74 Å². The van der Waals surface area contributed by atoms with Crippen molar-refractivity contribution in [3.8, 4) is 0 Å². The zero-order valence-electron chi connectivity index (χ0n) is 11.2. The lowest BCUT2D eigenvalue weighted by Crippen LogP contribution is -2.21. The maximum atomic E-state index is 11.9. The Morgan fingerprint density at radius 2 is 1.55 bits per heavy atom. The predicted octanol–water partition coefficient (Wildman–Crippen LogP) is 2.81. The molecule has 0 saturated carbocycles. The molecule has 1 amide bonds. The van der Waals surface area contributed by atoms with Crippen molar-refractivity contribution in [3.05, 3.63) is 71.8 Å². The maximum absolute atomic E-state index is 11.9. The zero-order valence-corrected chi connectivity index (χ0v) is 11.2. The Hall–Kier alpha value is -2.62. The number of ether oxygens (including phenoxy) is 1. The first-order valence-corrected chi connectivity index (χ1v) is 6.42. The van der Waals surface area contributed by atoms with E-state index in [1.54, 1.807) is 24.3 Å². The molecule has 4 nitrogen and oxygen atoms in total. The summed E-state index contributed by atoms with van der Waals surface area (Å²) in [4.78, 5) is 11.9.